The Labute approximate surface area is 176 Å². The van der Waals surface area contributed by atoms with Crippen molar-refractivity contribution in [3.05, 3.63) is 64.3 Å². The molecular formula is C16H7Br4ClO3. The first-order valence-electron chi connectivity index (χ1n) is 6.44. The molecule has 0 spiro atoms. The Bertz CT molecular complexity index is 876. The van der Waals surface area contributed by atoms with Crippen LogP contribution in [0.15, 0.2) is 53.1 Å². The van der Waals surface area contributed by atoms with Gasteiger partial charge >= 0.3 is 0 Å². The van der Waals surface area contributed by atoms with Gasteiger partial charge in [0, 0.05) is 0 Å². The van der Waals surface area contributed by atoms with E-state index in [2.05, 4.69) is 63.7 Å². The molecule has 3 nitrogen and oxygen atoms in total. The van der Waals surface area contributed by atoms with Crippen molar-refractivity contribution in [3.63, 3.8) is 0 Å². The van der Waals surface area contributed by atoms with Gasteiger partial charge in [0.2, 0.25) is 5.22 Å². The van der Waals surface area contributed by atoms with Crippen molar-refractivity contribution in [2.45, 2.75) is 0 Å². The molecule has 2 N–H and O–H groups in total. The highest BCUT2D eigenvalue weighted by Crippen LogP contribution is 2.45. The van der Waals surface area contributed by atoms with Crippen molar-refractivity contribution in [2.75, 3.05) is 0 Å². The van der Waals surface area contributed by atoms with Gasteiger partial charge in [0.25, 0.3) is 0 Å². The van der Waals surface area contributed by atoms with Gasteiger partial charge in [0.05, 0.1) is 23.5 Å². The minimum atomic E-state index is 0.118. The van der Waals surface area contributed by atoms with E-state index in [-0.39, 0.29) is 16.7 Å². The van der Waals surface area contributed by atoms with Crippen LogP contribution in [0.5, 0.6) is 11.5 Å². The first-order valence-corrected chi connectivity index (χ1v) is 9.99. The number of benzene rings is 2. The Morgan fingerprint density at radius 3 is 1.75 bits per heavy atom. The number of hydrogen-bond donors (Lipinski definition) is 2. The van der Waals surface area contributed by atoms with E-state index in [1.54, 1.807) is 24.3 Å². The molecule has 0 saturated heterocycles. The second kappa shape index (κ2) is 7.03. The number of phenols is 2. The SMILES string of the molecule is Oc1c(Br)cc(/C=C2\OC(Cl)=C2c2cc(Br)c(O)c(Br)c2)cc1Br. The van der Waals surface area contributed by atoms with Gasteiger partial charge in [-0.2, -0.15) is 0 Å². The highest BCUT2D eigenvalue weighted by molar-refractivity contribution is 9.11. The van der Waals surface area contributed by atoms with Crippen molar-refractivity contribution in [3.8, 4) is 11.5 Å². The second-order valence-electron chi connectivity index (χ2n) is 4.88. The normalized spacial score (nSPS) is 15.5. The number of aromatic hydroxyl groups is 2. The van der Waals surface area contributed by atoms with Crippen LogP contribution < -0.4 is 0 Å². The van der Waals surface area contributed by atoms with Crippen LogP contribution in [0.4, 0.5) is 0 Å². The van der Waals surface area contributed by atoms with Crippen LogP contribution >= 0.6 is 75.3 Å². The Hall–Kier alpha value is -0.470. The average molecular weight is 602 g/mol. The summed E-state index contributed by atoms with van der Waals surface area (Å²) < 4.78 is 7.67. The van der Waals surface area contributed by atoms with Crippen LogP contribution in [-0.2, 0) is 4.74 Å². The Morgan fingerprint density at radius 2 is 1.29 bits per heavy atom. The molecule has 0 bridgehead atoms. The molecule has 0 fully saturated rings. The first-order chi connectivity index (χ1) is 11.3. The van der Waals surface area contributed by atoms with E-state index in [4.69, 9.17) is 16.3 Å². The number of rotatable bonds is 2. The van der Waals surface area contributed by atoms with Crippen molar-refractivity contribution in [1.82, 2.24) is 0 Å². The average Bonchev–Trinajstić information content (AvgIpc) is 2.49. The maximum atomic E-state index is 9.83. The Morgan fingerprint density at radius 1 is 0.833 bits per heavy atom. The molecule has 0 unspecified atom stereocenters. The van der Waals surface area contributed by atoms with Crippen LogP contribution in [0, 0.1) is 0 Å². The molecule has 1 aliphatic rings. The number of phenolic OH excluding ortho intramolecular Hbond substituents is 2. The summed E-state index contributed by atoms with van der Waals surface area (Å²) in [6.45, 7) is 0. The summed E-state index contributed by atoms with van der Waals surface area (Å²) in [6, 6.07) is 7.06. The summed E-state index contributed by atoms with van der Waals surface area (Å²) in [7, 11) is 0. The Kier molecular flexibility index (Phi) is 5.37. The van der Waals surface area contributed by atoms with E-state index >= 15 is 0 Å². The van der Waals surface area contributed by atoms with E-state index in [0.29, 0.717) is 23.7 Å². The summed E-state index contributed by atoms with van der Waals surface area (Å²) in [4.78, 5) is 0. The zero-order valence-corrected chi connectivity index (χ0v) is 18.7. The van der Waals surface area contributed by atoms with E-state index in [1.165, 1.54) is 0 Å². The van der Waals surface area contributed by atoms with Gasteiger partial charge in [0.1, 0.15) is 17.3 Å². The smallest absolute Gasteiger partial charge is 0.205 e. The van der Waals surface area contributed by atoms with Crippen molar-refractivity contribution >= 4 is 87.0 Å². The molecule has 0 aromatic heterocycles. The van der Waals surface area contributed by atoms with Crippen LogP contribution in [0.1, 0.15) is 11.1 Å². The zero-order chi connectivity index (χ0) is 17.6. The maximum Gasteiger partial charge on any atom is 0.205 e. The van der Waals surface area contributed by atoms with Crippen molar-refractivity contribution < 1.29 is 14.9 Å². The second-order valence-corrected chi connectivity index (χ2v) is 8.64. The standard InChI is InChI=1S/C16H7Br4ClO3/c17-8-1-6(2-9(18)14(8)22)3-12-13(16(21)24-12)7-4-10(19)15(23)11(20)5-7/h1-5,22-23H/b12-3-. The van der Waals surface area contributed by atoms with Gasteiger partial charge in [-0.1, -0.05) is 0 Å². The molecule has 0 aliphatic carbocycles. The number of allylic oxidation sites excluding steroid dienone is 1. The molecule has 124 valence electrons. The fourth-order valence-corrected chi connectivity index (χ4v) is 4.83. The molecule has 1 aliphatic heterocycles. The van der Waals surface area contributed by atoms with Crippen molar-refractivity contribution in [1.29, 1.82) is 0 Å². The van der Waals surface area contributed by atoms with Gasteiger partial charge in [-0.3, -0.25) is 0 Å². The third kappa shape index (κ3) is 3.42. The van der Waals surface area contributed by atoms with Crippen LogP contribution in [-0.4, -0.2) is 10.2 Å². The molecule has 3 rings (SSSR count). The van der Waals surface area contributed by atoms with Gasteiger partial charge in [-0.15, -0.1) is 0 Å². The summed E-state index contributed by atoms with van der Waals surface area (Å²) in [6.07, 6.45) is 1.81. The number of hydrogen-bond acceptors (Lipinski definition) is 3. The molecule has 2 aromatic rings. The van der Waals surface area contributed by atoms with Crippen molar-refractivity contribution in [2.24, 2.45) is 0 Å². The van der Waals surface area contributed by atoms with E-state index in [1.807, 2.05) is 6.08 Å². The third-order valence-electron chi connectivity index (χ3n) is 3.29. The molecule has 8 heteroatoms. The van der Waals surface area contributed by atoms with E-state index in [0.717, 1.165) is 16.7 Å². The van der Waals surface area contributed by atoms with E-state index in [9.17, 15) is 10.2 Å². The zero-order valence-electron chi connectivity index (χ0n) is 11.6. The summed E-state index contributed by atoms with van der Waals surface area (Å²) >= 11 is 19.3. The molecule has 1 heterocycles. The minimum Gasteiger partial charge on any atom is -0.506 e. The predicted molar refractivity (Wildman–Crippen MR) is 109 cm³/mol. The lowest BCUT2D eigenvalue weighted by Crippen LogP contribution is -2.07. The quantitative estimate of drug-likeness (QED) is 0.385. The monoisotopic (exact) mass is 598 g/mol. The third-order valence-corrected chi connectivity index (χ3v) is 5.97. The minimum absolute atomic E-state index is 0.118. The lowest BCUT2D eigenvalue weighted by Gasteiger charge is -2.24. The maximum absolute atomic E-state index is 9.83. The first kappa shape index (κ1) is 18.3. The highest BCUT2D eigenvalue weighted by Gasteiger charge is 2.27. The Balaban J connectivity index is 2.03. The molecule has 0 radical (unpaired) electrons. The predicted octanol–water partition coefficient (Wildman–Crippen LogP) is 7.13. The molecule has 0 saturated carbocycles. The van der Waals surface area contributed by atoms with E-state index < -0.39 is 0 Å². The van der Waals surface area contributed by atoms with Gasteiger partial charge in [-0.05, 0) is 117 Å². The van der Waals surface area contributed by atoms with Gasteiger partial charge < -0.3 is 14.9 Å². The highest BCUT2D eigenvalue weighted by atomic mass is 79.9. The molecule has 24 heavy (non-hydrogen) atoms. The van der Waals surface area contributed by atoms with Crippen LogP contribution in [0.3, 0.4) is 0 Å². The number of halogens is 5. The van der Waals surface area contributed by atoms with Gasteiger partial charge in [-0.25, -0.2) is 0 Å². The summed E-state index contributed by atoms with van der Waals surface area (Å²) in [5.74, 6) is 0.841. The molecular weight excluding hydrogens is 595 g/mol. The molecule has 0 atom stereocenters. The molecule has 0 amide bonds. The fourth-order valence-electron chi connectivity index (χ4n) is 2.14. The largest absolute Gasteiger partial charge is 0.506 e. The lowest BCUT2D eigenvalue weighted by atomic mass is 10.0. The number of ether oxygens (including phenoxy) is 1. The van der Waals surface area contributed by atoms with Crippen LogP contribution in [0.25, 0.3) is 11.6 Å². The lowest BCUT2D eigenvalue weighted by molar-refractivity contribution is 0.324. The topological polar surface area (TPSA) is 49.7 Å². The van der Waals surface area contributed by atoms with Crippen LogP contribution in [0.2, 0.25) is 0 Å². The van der Waals surface area contributed by atoms with Gasteiger partial charge in [0.15, 0.2) is 0 Å². The molecule has 2 aromatic carbocycles. The summed E-state index contributed by atoms with van der Waals surface area (Å²) in [5.41, 5.74) is 2.35. The fraction of sp³-hybridized carbons (Fsp3) is 0. The summed E-state index contributed by atoms with van der Waals surface area (Å²) in [5, 5.41) is 19.9.